The molecular weight excluding hydrogens is 346 g/mol. The fraction of sp³-hybridized carbons (Fsp3) is 0.200. The Morgan fingerprint density at radius 1 is 1.24 bits per heavy atom. The number of carbonyl (C=O) groups is 1. The van der Waals surface area contributed by atoms with E-state index in [1.165, 1.54) is 18.2 Å². The van der Waals surface area contributed by atoms with Gasteiger partial charge in [-0.25, -0.2) is 27.9 Å². The number of aryl methyl sites for hydroxylation is 2. The van der Waals surface area contributed by atoms with E-state index in [1.54, 1.807) is 32.0 Å². The van der Waals surface area contributed by atoms with Crippen molar-refractivity contribution in [1.82, 2.24) is 14.7 Å². The van der Waals surface area contributed by atoms with Gasteiger partial charge in [-0.3, -0.25) is 5.32 Å². The normalized spacial score (nSPS) is 10.6. The summed E-state index contributed by atoms with van der Waals surface area (Å²) < 4.78 is 31.7. The SMILES string of the molecule is Cc1cc(C)nc(NC(=O)NS(=O)(=O)c2ccccc2OCC#N)n1. The van der Waals surface area contributed by atoms with Gasteiger partial charge in [0.25, 0.3) is 10.0 Å². The number of nitrogens with one attached hydrogen (secondary N) is 2. The third kappa shape index (κ3) is 4.89. The zero-order valence-corrected chi connectivity index (χ0v) is 14.3. The van der Waals surface area contributed by atoms with Crippen molar-refractivity contribution in [3.8, 4) is 11.8 Å². The summed E-state index contributed by atoms with van der Waals surface area (Å²) in [7, 11) is -4.21. The molecule has 0 saturated heterocycles. The highest BCUT2D eigenvalue weighted by atomic mass is 32.2. The minimum absolute atomic E-state index is 0.0146. The Kier molecular flexibility index (Phi) is 5.51. The molecule has 0 spiro atoms. The Balaban J connectivity index is 2.18. The van der Waals surface area contributed by atoms with Crippen molar-refractivity contribution in [1.29, 1.82) is 5.26 Å². The number of amides is 2. The number of anilines is 1. The van der Waals surface area contributed by atoms with E-state index in [4.69, 9.17) is 10.00 Å². The molecule has 2 N–H and O–H groups in total. The Bertz CT molecular complexity index is 917. The van der Waals surface area contributed by atoms with Crippen molar-refractivity contribution < 1.29 is 17.9 Å². The number of carbonyl (C=O) groups excluding carboxylic acids is 1. The van der Waals surface area contributed by atoms with Gasteiger partial charge >= 0.3 is 6.03 Å². The van der Waals surface area contributed by atoms with E-state index in [2.05, 4.69) is 15.3 Å². The number of hydrogen-bond acceptors (Lipinski definition) is 7. The Morgan fingerprint density at radius 2 is 1.88 bits per heavy atom. The van der Waals surface area contributed by atoms with Gasteiger partial charge in [0.05, 0.1) is 0 Å². The van der Waals surface area contributed by atoms with Crippen LogP contribution in [0.5, 0.6) is 5.75 Å². The standard InChI is InChI=1S/C15H15N5O4S/c1-10-9-11(2)18-14(17-10)19-15(21)20-25(22,23)13-6-4-3-5-12(13)24-8-7-16/h3-6,9H,8H2,1-2H3,(H2,17,18,19,20,21). The van der Waals surface area contributed by atoms with Crippen molar-refractivity contribution >= 4 is 22.0 Å². The number of nitrogens with zero attached hydrogens (tertiary/aromatic N) is 3. The Hall–Kier alpha value is -3.19. The van der Waals surface area contributed by atoms with E-state index in [-0.39, 0.29) is 23.2 Å². The molecule has 10 heteroatoms. The summed E-state index contributed by atoms with van der Waals surface area (Å²) in [6, 6.07) is 8.11. The van der Waals surface area contributed by atoms with E-state index < -0.39 is 16.1 Å². The van der Waals surface area contributed by atoms with Crippen molar-refractivity contribution in [2.24, 2.45) is 0 Å². The molecule has 0 bridgehead atoms. The van der Waals surface area contributed by atoms with Gasteiger partial charge in [-0.2, -0.15) is 5.26 Å². The second kappa shape index (κ2) is 7.59. The lowest BCUT2D eigenvalue weighted by atomic mass is 10.3. The highest BCUT2D eigenvalue weighted by Gasteiger charge is 2.22. The van der Waals surface area contributed by atoms with Gasteiger partial charge in [0.2, 0.25) is 5.95 Å². The molecule has 0 radical (unpaired) electrons. The molecule has 130 valence electrons. The zero-order valence-electron chi connectivity index (χ0n) is 13.5. The lowest BCUT2D eigenvalue weighted by Crippen LogP contribution is -2.35. The predicted molar refractivity (Wildman–Crippen MR) is 88.4 cm³/mol. The summed E-state index contributed by atoms with van der Waals surface area (Å²) in [4.78, 5) is 19.7. The van der Waals surface area contributed by atoms with Crippen LogP contribution in [-0.2, 0) is 10.0 Å². The summed E-state index contributed by atoms with van der Waals surface area (Å²) in [6.07, 6.45) is 0. The van der Waals surface area contributed by atoms with Gasteiger partial charge in [-0.05, 0) is 32.0 Å². The third-order valence-electron chi connectivity index (χ3n) is 2.87. The molecular formula is C15H15N5O4S. The van der Waals surface area contributed by atoms with E-state index in [0.717, 1.165) is 0 Å². The maximum Gasteiger partial charge on any atom is 0.335 e. The molecule has 1 heterocycles. The van der Waals surface area contributed by atoms with Crippen LogP contribution >= 0.6 is 0 Å². The lowest BCUT2D eigenvalue weighted by Gasteiger charge is -2.11. The summed E-state index contributed by atoms with van der Waals surface area (Å²) >= 11 is 0. The van der Waals surface area contributed by atoms with Crippen LogP contribution in [0.4, 0.5) is 10.7 Å². The molecule has 0 saturated carbocycles. The molecule has 0 fully saturated rings. The van der Waals surface area contributed by atoms with Crippen molar-refractivity contribution in [2.45, 2.75) is 18.7 Å². The number of hydrogen-bond donors (Lipinski definition) is 2. The van der Waals surface area contributed by atoms with Crippen LogP contribution in [0.1, 0.15) is 11.4 Å². The van der Waals surface area contributed by atoms with Crippen LogP contribution in [0, 0.1) is 25.2 Å². The summed E-state index contributed by atoms with van der Waals surface area (Å²) in [5.41, 5.74) is 1.25. The van der Waals surface area contributed by atoms with Gasteiger partial charge in [0, 0.05) is 11.4 Å². The Morgan fingerprint density at radius 3 is 2.52 bits per heavy atom. The van der Waals surface area contributed by atoms with Crippen LogP contribution in [0.15, 0.2) is 35.2 Å². The first kappa shape index (κ1) is 18.2. The lowest BCUT2D eigenvalue weighted by molar-refractivity contribution is 0.256. The quantitative estimate of drug-likeness (QED) is 0.824. The zero-order chi connectivity index (χ0) is 18.4. The summed E-state index contributed by atoms with van der Waals surface area (Å²) in [5.74, 6) is -0.0498. The molecule has 0 aliphatic carbocycles. The number of benzene rings is 1. The van der Waals surface area contributed by atoms with E-state index in [0.29, 0.717) is 11.4 Å². The van der Waals surface area contributed by atoms with Crippen LogP contribution in [-0.4, -0.2) is 31.0 Å². The van der Waals surface area contributed by atoms with Crippen molar-refractivity contribution in [3.63, 3.8) is 0 Å². The van der Waals surface area contributed by atoms with Crippen molar-refractivity contribution in [2.75, 3.05) is 11.9 Å². The Labute approximate surface area is 144 Å². The number of nitriles is 1. The largest absolute Gasteiger partial charge is 0.477 e. The summed E-state index contributed by atoms with van der Waals surface area (Å²) in [5, 5.41) is 10.8. The first-order chi connectivity index (χ1) is 11.8. The average molecular weight is 361 g/mol. The maximum atomic E-state index is 12.4. The molecule has 0 aliphatic rings. The fourth-order valence-corrected chi connectivity index (χ4v) is 3.04. The van der Waals surface area contributed by atoms with Crippen LogP contribution in [0.2, 0.25) is 0 Å². The monoisotopic (exact) mass is 361 g/mol. The molecule has 0 atom stereocenters. The molecule has 25 heavy (non-hydrogen) atoms. The minimum atomic E-state index is -4.21. The van der Waals surface area contributed by atoms with Gasteiger partial charge in [-0.1, -0.05) is 12.1 Å². The van der Waals surface area contributed by atoms with E-state index in [9.17, 15) is 13.2 Å². The molecule has 2 rings (SSSR count). The number of aromatic nitrogens is 2. The fourth-order valence-electron chi connectivity index (χ4n) is 1.99. The van der Waals surface area contributed by atoms with Crippen LogP contribution in [0.25, 0.3) is 0 Å². The first-order valence-corrected chi connectivity index (χ1v) is 8.55. The minimum Gasteiger partial charge on any atom is -0.477 e. The highest BCUT2D eigenvalue weighted by Crippen LogP contribution is 2.23. The van der Waals surface area contributed by atoms with Gasteiger partial charge in [0.1, 0.15) is 16.7 Å². The third-order valence-corrected chi connectivity index (χ3v) is 4.24. The van der Waals surface area contributed by atoms with Crippen LogP contribution in [0.3, 0.4) is 0 Å². The molecule has 2 amide bonds. The summed E-state index contributed by atoms with van der Waals surface area (Å²) in [6.45, 7) is 3.11. The average Bonchev–Trinajstić information content (AvgIpc) is 2.51. The van der Waals surface area contributed by atoms with Gasteiger partial charge < -0.3 is 4.74 Å². The van der Waals surface area contributed by atoms with Crippen molar-refractivity contribution in [3.05, 3.63) is 41.7 Å². The predicted octanol–water partition coefficient (Wildman–Crippen LogP) is 1.51. The number of rotatable bonds is 5. The second-order valence-electron chi connectivity index (χ2n) is 4.93. The molecule has 9 nitrogen and oxygen atoms in total. The number of sulfonamides is 1. The molecule has 0 aliphatic heterocycles. The number of para-hydroxylation sites is 1. The smallest absolute Gasteiger partial charge is 0.335 e. The molecule has 1 aromatic heterocycles. The maximum absolute atomic E-state index is 12.4. The first-order valence-electron chi connectivity index (χ1n) is 7.06. The topological polar surface area (TPSA) is 134 Å². The molecule has 0 unspecified atom stereocenters. The molecule has 1 aromatic carbocycles. The van der Waals surface area contributed by atoms with Crippen LogP contribution < -0.4 is 14.8 Å². The van der Waals surface area contributed by atoms with Gasteiger partial charge in [0.15, 0.2) is 6.61 Å². The second-order valence-corrected chi connectivity index (χ2v) is 6.58. The van der Waals surface area contributed by atoms with Gasteiger partial charge in [-0.15, -0.1) is 0 Å². The molecule has 2 aromatic rings. The van der Waals surface area contributed by atoms with E-state index >= 15 is 0 Å². The number of ether oxygens (including phenoxy) is 1. The van der Waals surface area contributed by atoms with E-state index in [1.807, 2.05) is 4.72 Å². The number of urea groups is 1. The highest BCUT2D eigenvalue weighted by molar-refractivity contribution is 7.90.